The summed E-state index contributed by atoms with van der Waals surface area (Å²) in [7, 11) is 0. The third-order valence-corrected chi connectivity index (χ3v) is 4.96. The zero-order valence-corrected chi connectivity index (χ0v) is 14.2. The van der Waals surface area contributed by atoms with Crippen LogP contribution >= 0.6 is 0 Å². The summed E-state index contributed by atoms with van der Waals surface area (Å²) in [4.78, 5) is 19.0. The minimum Gasteiger partial charge on any atom is -0.394 e. The second-order valence-electron chi connectivity index (χ2n) is 6.81. The van der Waals surface area contributed by atoms with E-state index in [9.17, 15) is 15.0 Å². The van der Waals surface area contributed by atoms with Crippen molar-refractivity contribution in [2.45, 2.75) is 63.9 Å². The number of nitrogens with zero attached hydrogens (tertiary/aromatic N) is 3. The highest BCUT2D eigenvalue weighted by Gasteiger charge is 2.35. The lowest BCUT2D eigenvalue weighted by Crippen LogP contribution is -2.34. The molecule has 2 saturated heterocycles. The van der Waals surface area contributed by atoms with Crippen LogP contribution in [0.25, 0.3) is 0 Å². The van der Waals surface area contributed by atoms with Crippen LogP contribution in [0, 0.1) is 6.92 Å². The number of aliphatic hydroxyl groups is 2. The average molecular weight is 337 g/mol. The van der Waals surface area contributed by atoms with Crippen molar-refractivity contribution in [1.29, 1.82) is 0 Å². The maximum Gasteiger partial charge on any atom is 0.351 e. The molecule has 2 N–H and O–H groups in total. The van der Waals surface area contributed by atoms with E-state index in [1.807, 2.05) is 6.92 Å². The van der Waals surface area contributed by atoms with Crippen molar-refractivity contribution in [3.05, 3.63) is 22.2 Å². The highest BCUT2D eigenvalue weighted by Crippen LogP contribution is 2.28. The van der Waals surface area contributed by atoms with Crippen LogP contribution in [0.5, 0.6) is 0 Å². The van der Waals surface area contributed by atoms with Gasteiger partial charge in [-0.3, -0.25) is 4.57 Å². The SMILES string of the molecule is Cc1cn([C@H]2C[C@@H](O)[C@H](CO)O2)c(=O)nc1N1CCCCCCC1. The van der Waals surface area contributed by atoms with Gasteiger partial charge in [-0.05, 0) is 19.8 Å². The fourth-order valence-corrected chi connectivity index (χ4v) is 3.59. The molecule has 0 amide bonds. The van der Waals surface area contributed by atoms with Gasteiger partial charge in [-0.15, -0.1) is 0 Å². The first-order valence-corrected chi connectivity index (χ1v) is 8.89. The van der Waals surface area contributed by atoms with Crippen LogP contribution < -0.4 is 10.6 Å². The number of aromatic nitrogens is 2. The second-order valence-corrected chi connectivity index (χ2v) is 6.81. The van der Waals surface area contributed by atoms with Crippen LogP contribution in [0.1, 0.15) is 50.3 Å². The van der Waals surface area contributed by atoms with E-state index < -0.39 is 18.4 Å². The molecule has 0 radical (unpaired) electrons. The fraction of sp³-hybridized carbons (Fsp3) is 0.765. The Labute approximate surface area is 141 Å². The summed E-state index contributed by atoms with van der Waals surface area (Å²) in [6.45, 7) is 3.56. The summed E-state index contributed by atoms with van der Waals surface area (Å²) in [5.41, 5.74) is 0.564. The highest BCUT2D eigenvalue weighted by molar-refractivity contribution is 5.44. The molecule has 134 valence electrons. The third kappa shape index (κ3) is 3.63. The average Bonchev–Trinajstić information content (AvgIpc) is 2.90. The normalized spacial score (nSPS) is 28.6. The first-order valence-electron chi connectivity index (χ1n) is 8.89. The van der Waals surface area contributed by atoms with Crippen LogP contribution in [0.15, 0.2) is 11.0 Å². The molecule has 2 aliphatic rings. The van der Waals surface area contributed by atoms with E-state index in [4.69, 9.17) is 4.74 Å². The van der Waals surface area contributed by atoms with Crippen molar-refractivity contribution in [1.82, 2.24) is 9.55 Å². The zero-order valence-electron chi connectivity index (χ0n) is 14.2. The summed E-state index contributed by atoms with van der Waals surface area (Å²) >= 11 is 0. The van der Waals surface area contributed by atoms with Crippen molar-refractivity contribution >= 4 is 5.82 Å². The third-order valence-electron chi connectivity index (χ3n) is 4.96. The molecule has 0 saturated carbocycles. The van der Waals surface area contributed by atoms with Gasteiger partial charge in [-0.1, -0.05) is 19.3 Å². The summed E-state index contributed by atoms with van der Waals surface area (Å²) in [6, 6.07) is 0. The van der Waals surface area contributed by atoms with Gasteiger partial charge in [0.05, 0.1) is 12.7 Å². The lowest BCUT2D eigenvalue weighted by atomic mass is 10.1. The molecule has 0 aliphatic carbocycles. The number of anilines is 1. The van der Waals surface area contributed by atoms with Crippen LogP contribution in [0.3, 0.4) is 0 Å². The van der Waals surface area contributed by atoms with E-state index in [0.717, 1.165) is 37.3 Å². The van der Waals surface area contributed by atoms with Gasteiger partial charge in [-0.25, -0.2) is 4.79 Å². The lowest BCUT2D eigenvalue weighted by molar-refractivity contribution is -0.0459. The summed E-state index contributed by atoms with van der Waals surface area (Å²) in [6.07, 6.45) is 6.06. The maximum absolute atomic E-state index is 12.5. The summed E-state index contributed by atoms with van der Waals surface area (Å²) in [5, 5.41) is 19.1. The molecule has 7 nitrogen and oxygen atoms in total. The molecule has 2 aliphatic heterocycles. The molecule has 2 fully saturated rings. The predicted octanol–water partition coefficient (Wildman–Crippen LogP) is 0.963. The Morgan fingerprint density at radius 3 is 2.54 bits per heavy atom. The zero-order chi connectivity index (χ0) is 17.1. The number of ether oxygens (including phenoxy) is 1. The van der Waals surface area contributed by atoms with E-state index in [2.05, 4.69) is 9.88 Å². The van der Waals surface area contributed by atoms with Gasteiger partial charge in [0.25, 0.3) is 0 Å². The Morgan fingerprint density at radius 1 is 1.25 bits per heavy atom. The number of hydrogen-bond acceptors (Lipinski definition) is 6. The van der Waals surface area contributed by atoms with E-state index in [0.29, 0.717) is 0 Å². The molecule has 3 atom stereocenters. The fourth-order valence-electron chi connectivity index (χ4n) is 3.59. The summed E-state index contributed by atoms with van der Waals surface area (Å²) in [5.74, 6) is 0.760. The monoisotopic (exact) mass is 337 g/mol. The first kappa shape index (κ1) is 17.4. The topological polar surface area (TPSA) is 87.8 Å². The molecule has 7 heteroatoms. The van der Waals surface area contributed by atoms with Gasteiger partial charge in [0.2, 0.25) is 0 Å². The number of aliphatic hydroxyl groups excluding tert-OH is 2. The Balaban J connectivity index is 1.82. The Hall–Kier alpha value is -1.44. The van der Waals surface area contributed by atoms with Gasteiger partial charge in [0.15, 0.2) is 0 Å². The van der Waals surface area contributed by atoms with Gasteiger partial charge >= 0.3 is 5.69 Å². The second kappa shape index (κ2) is 7.63. The molecule has 3 rings (SSSR count). The van der Waals surface area contributed by atoms with Gasteiger partial charge in [-0.2, -0.15) is 4.98 Å². The molecule has 0 bridgehead atoms. The molecule has 0 unspecified atom stereocenters. The summed E-state index contributed by atoms with van der Waals surface area (Å²) < 4.78 is 7.01. The molecule has 0 spiro atoms. The van der Waals surface area contributed by atoms with E-state index >= 15 is 0 Å². The Bertz CT molecular complexity index is 610. The van der Waals surface area contributed by atoms with Crippen molar-refractivity contribution in [3.8, 4) is 0 Å². The Morgan fingerprint density at radius 2 is 1.92 bits per heavy atom. The van der Waals surface area contributed by atoms with Crippen molar-refractivity contribution in [2.24, 2.45) is 0 Å². The minimum absolute atomic E-state index is 0.259. The predicted molar refractivity (Wildman–Crippen MR) is 90.2 cm³/mol. The highest BCUT2D eigenvalue weighted by atomic mass is 16.5. The number of hydrogen-bond donors (Lipinski definition) is 2. The van der Waals surface area contributed by atoms with Crippen molar-refractivity contribution in [2.75, 3.05) is 24.6 Å². The van der Waals surface area contributed by atoms with Crippen molar-refractivity contribution < 1.29 is 14.9 Å². The largest absolute Gasteiger partial charge is 0.394 e. The van der Waals surface area contributed by atoms with E-state index in [-0.39, 0.29) is 18.7 Å². The van der Waals surface area contributed by atoms with Gasteiger partial charge in [0, 0.05) is 31.3 Å². The standard InChI is InChI=1S/C17H27N3O4/c1-12-10-20(15-9-13(22)14(11-21)24-15)17(23)18-16(12)19-7-5-3-2-4-6-8-19/h10,13-15,21-22H,2-9,11H2,1H3/t13-,14+,15-/m1/s1. The number of aryl methyl sites for hydroxylation is 1. The maximum atomic E-state index is 12.5. The van der Waals surface area contributed by atoms with Crippen LogP contribution in [0.4, 0.5) is 5.82 Å². The molecule has 1 aromatic rings. The Kier molecular flexibility index (Phi) is 5.53. The molecular formula is C17H27N3O4. The van der Waals surface area contributed by atoms with Crippen molar-refractivity contribution in [3.63, 3.8) is 0 Å². The molecule has 24 heavy (non-hydrogen) atoms. The van der Waals surface area contributed by atoms with E-state index in [1.165, 1.54) is 23.8 Å². The van der Waals surface area contributed by atoms with Crippen LogP contribution in [-0.4, -0.2) is 51.7 Å². The molecule has 0 aromatic carbocycles. The smallest absolute Gasteiger partial charge is 0.351 e. The quantitative estimate of drug-likeness (QED) is 0.854. The minimum atomic E-state index is -0.763. The number of rotatable bonds is 3. The van der Waals surface area contributed by atoms with E-state index in [1.54, 1.807) is 6.20 Å². The van der Waals surface area contributed by atoms with Gasteiger partial charge in [0.1, 0.15) is 18.1 Å². The molecular weight excluding hydrogens is 310 g/mol. The molecule has 3 heterocycles. The van der Waals surface area contributed by atoms with Crippen LogP contribution in [-0.2, 0) is 4.74 Å². The van der Waals surface area contributed by atoms with Gasteiger partial charge < -0.3 is 19.8 Å². The lowest BCUT2D eigenvalue weighted by Gasteiger charge is -2.27. The molecule has 1 aromatic heterocycles. The first-order chi connectivity index (χ1) is 11.6. The van der Waals surface area contributed by atoms with Crippen LogP contribution in [0.2, 0.25) is 0 Å².